The quantitative estimate of drug-likeness (QED) is 0.537. The average molecular weight is 305 g/mol. The second kappa shape index (κ2) is 8.71. The molecule has 1 rings (SSSR count). The van der Waals surface area contributed by atoms with E-state index in [1.165, 1.54) is 18.7 Å². The molecule has 0 radical (unpaired) electrons. The Labute approximate surface area is 129 Å². The van der Waals surface area contributed by atoms with Gasteiger partial charge in [-0.25, -0.2) is 0 Å². The summed E-state index contributed by atoms with van der Waals surface area (Å²) in [6.07, 6.45) is -0.497. The Morgan fingerprint density at radius 1 is 0.955 bits per heavy atom. The van der Waals surface area contributed by atoms with Gasteiger partial charge in [0.05, 0.1) is 13.0 Å². The molecular weight excluding hydrogens is 286 g/mol. The molecule has 118 valence electrons. The summed E-state index contributed by atoms with van der Waals surface area (Å²) in [6.45, 7) is 2.73. The SMILES string of the molecule is CC(=O)CC(=O)OCCN(C(=O)CC(C)=O)c1ccccc1. The number of esters is 1. The van der Waals surface area contributed by atoms with Crippen molar-refractivity contribution in [2.45, 2.75) is 26.7 Å². The maximum absolute atomic E-state index is 12.1. The van der Waals surface area contributed by atoms with Crippen molar-refractivity contribution < 1.29 is 23.9 Å². The molecule has 1 aromatic carbocycles. The Morgan fingerprint density at radius 2 is 1.55 bits per heavy atom. The molecule has 0 N–H and O–H groups in total. The number of anilines is 1. The molecule has 0 aliphatic carbocycles. The molecule has 0 fully saturated rings. The number of amides is 1. The molecule has 0 saturated heterocycles. The predicted molar refractivity (Wildman–Crippen MR) is 80.4 cm³/mol. The highest BCUT2D eigenvalue weighted by atomic mass is 16.5. The summed E-state index contributed by atoms with van der Waals surface area (Å²) in [5.41, 5.74) is 0.622. The summed E-state index contributed by atoms with van der Waals surface area (Å²) < 4.78 is 4.92. The van der Waals surface area contributed by atoms with Crippen LogP contribution in [0.2, 0.25) is 0 Å². The normalized spacial score (nSPS) is 9.91. The maximum atomic E-state index is 12.1. The third-order valence-electron chi connectivity index (χ3n) is 2.74. The molecule has 1 amide bonds. The zero-order valence-electron chi connectivity index (χ0n) is 12.7. The van der Waals surface area contributed by atoms with Crippen LogP contribution in [-0.2, 0) is 23.9 Å². The molecule has 0 spiro atoms. The molecule has 0 aliphatic heterocycles. The van der Waals surface area contributed by atoms with Crippen LogP contribution in [0.4, 0.5) is 5.69 Å². The van der Waals surface area contributed by atoms with Crippen LogP contribution in [0.1, 0.15) is 26.7 Å². The van der Waals surface area contributed by atoms with E-state index in [-0.39, 0.29) is 43.5 Å². The molecule has 22 heavy (non-hydrogen) atoms. The van der Waals surface area contributed by atoms with Crippen molar-refractivity contribution in [3.8, 4) is 0 Å². The molecule has 0 bridgehead atoms. The number of carbonyl (C=O) groups is 4. The Balaban J connectivity index is 2.67. The van der Waals surface area contributed by atoms with Gasteiger partial charge in [0, 0.05) is 5.69 Å². The summed E-state index contributed by atoms with van der Waals surface area (Å²) in [6, 6.07) is 8.81. The smallest absolute Gasteiger partial charge is 0.313 e. The molecule has 1 aromatic rings. The molecule has 0 aromatic heterocycles. The Bertz CT molecular complexity index is 553. The standard InChI is InChI=1S/C16H19NO5/c1-12(18)10-15(20)17(14-6-4-3-5-7-14)8-9-22-16(21)11-13(2)19/h3-7H,8-11H2,1-2H3. The van der Waals surface area contributed by atoms with Gasteiger partial charge in [0.25, 0.3) is 0 Å². The van der Waals surface area contributed by atoms with Crippen molar-refractivity contribution in [3.05, 3.63) is 30.3 Å². The van der Waals surface area contributed by atoms with Gasteiger partial charge in [-0.05, 0) is 26.0 Å². The number of Topliss-reactive ketones (excluding diaryl/α,β-unsaturated/α-hetero) is 2. The lowest BCUT2D eigenvalue weighted by atomic mass is 10.2. The first-order valence-corrected chi connectivity index (χ1v) is 6.90. The molecule has 0 atom stereocenters. The molecule has 6 nitrogen and oxygen atoms in total. The number of ether oxygens (including phenoxy) is 1. The van der Waals surface area contributed by atoms with Gasteiger partial charge in [-0.1, -0.05) is 18.2 Å². The van der Waals surface area contributed by atoms with Gasteiger partial charge in [-0.3, -0.25) is 19.2 Å². The predicted octanol–water partition coefficient (Wildman–Crippen LogP) is 1.52. The first kappa shape index (κ1) is 17.6. The number of nitrogens with zero attached hydrogens (tertiary/aromatic N) is 1. The minimum Gasteiger partial charge on any atom is -0.463 e. The Kier molecular flexibility index (Phi) is 6.95. The van der Waals surface area contributed by atoms with Crippen molar-refractivity contribution in [1.29, 1.82) is 0 Å². The van der Waals surface area contributed by atoms with Crippen LogP contribution in [0.3, 0.4) is 0 Å². The Morgan fingerprint density at radius 3 is 2.09 bits per heavy atom. The van der Waals surface area contributed by atoms with Gasteiger partial charge in [-0.2, -0.15) is 0 Å². The van der Waals surface area contributed by atoms with Gasteiger partial charge in [0.1, 0.15) is 24.6 Å². The zero-order chi connectivity index (χ0) is 16.5. The summed E-state index contributed by atoms with van der Waals surface area (Å²) in [4.78, 5) is 46.8. The van der Waals surface area contributed by atoms with Crippen molar-refractivity contribution in [2.75, 3.05) is 18.1 Å². The number of benzene rings is 1. The van der Waals surface area contributed by atoms with E-state index >= 15 is 0 Å². The Hall–Kier alpha value is -2.50. The highest BCUT2D eigenvalue weighted by Gasteiger charge is 2.17. The van der Waals surface area contributed by atoms with E-state index in [0.717, 1.165) is 0 Å². The van der Waals surface area contributed by atoms with Crippen LogP contribution in [0, 0.1) is 0 Å². The average Bonchev–Trinajstić information content (AvgIpc) is 2.42. The lowest BCUT2D eigenvalue weighted by molar-refractivity contribution is -0.145. The molecule has 0 aliphatic rings. The van der Waals surface area contributed by atoms with E-state index in [0.29, 0.717) is 5.69 Å². The van der Waals surface area contributed by atoms with E-state index < -0.39 is 5.97 Å². The van der Waals surface area contributed by atoms with Gasteiger partial charge in [0.15, 0.2) is 0 Å². The highest BCUT2D eigenvalue weighted by Crippen LogP contribution is 2.14. The van der Waals surface area contributed by atoms with E-state index in [1.54, 1.807) is 24.3 Å². The highest BCUT2D eigenvalue weighted by molar-refractivity contribution is 6.05. The molecule has 6 heteroatoms. The lowest BCUT2D eigenvalue weighted by Gasteiger charge is -2.22. The van der Waals surface area contributed by atoms with E-state index in [2.05, 4.69) is 0 Å². The second-order valence-electron chi connectivity index (χ2n) is 4.86. The molecule has 0 saturated carbocycles. The fourth-order valence-corrected chi connectivity index (χ4v) is 1.82. The second-order valence-corrected chi connectivity index (χ2v) is 4.86. The minimum absolute atomic E-state index is 0.0371. The number of hydrogen-bond donors (Lipinski definition) is 0. The van der Waals surface area contributed by atoms with Crippen molar-refractivity contribution in [1.82, 2.24) is 0 Å². The fourth-order valence-electron chi connectivity index (χ4n) is 1.82. The van der Waals surface area contributed by atoms with E-state index in [4.69, 9.17) is 4.74 Å². The van der Waals surface area contributed by atoms with Crippen LogP contribution in [0.25, 0.3) is 0 Å². The third kappa shape index (κ3) is 6.30. The zero-order valence-corrected chi connectivity index (χ0v) is 12.7. The lowest BCUT2D eigenvalue weighted by Crippen LogP contribution is -2.35. The number of carbonyl (C=O) groups excluding carboxylic acids is 4. The van der Waals surface area contributed by atoms with Crippen LogP contribution in [0.15, 0.2) is 30.3 Å². The van der Waals surface area contributed by atoms with E-state index in [1.807, 2.05) is 6.07 Å². The maximum Gasteiger partial charge on any atom is 0.313 e. The number of rotatable bonds is 8. The topological polar surface area (TPSA) is 80.8 Å². The molecule has 0 unspecified atom stereocenters. The van der Waals surface area contributed by atoms with Gasteiger partial charge < -0.3 is 9.64 Å². The molecule has 0 heterocycles. The minimum atomic E-state index is -0.625. The van der Waals surface area contributed by atoms with Gasteiger partial charge in [-0.15, -0.1) is 0 Å². The summed E-state index contributed by atoms with van der Waals surface area (Å²) in [5.74, 6) is -1.50. The van der Waals surface area contributed by atoms with Crippen LogP contribution in [0.5, 0.6) is 0 Å². The van der Waals surface area contributed by atoms with Crippen molar-refractivity contribution >= 4 is 29.1 Å². The van der Waals surface area contributed by atoms with Crippen LogP contribution >= 0.6 is 0 Å². The van der Waals surface area contributed by atoms with Crippen LogP contribution < -0.4 is 4.90 Å². The van der Waals surface area contributed by atoms with Crippen molar-refractivity contribution in [3.63, 3.8) is 0 Å². The summed E-state index contributed by atoms with van der Waals surface area (Å²) in [5, 5.41) is 0. The number of ketones is 2. The molecular formula is C16H19NO5. The first-order chi connectivity index (χ1) is 10.4. The number of para-hydroxylation sites is 1. The summed E-state index contributed by atoms with van der Waals surface area (Å²) >= 11 is 0. The monoisotopic (exact) mass is 305 g/mol. The number of hydrogen-bond acceptors (Lipinski definition) is 5. The van der Waals surface area contributed by atoms with Gasteiger partial charge >= 0.3 is 5.97 Å². The third-order valence-corrected chi connectivity index (χ3v) is 2.74. The van der Waals surface area contributed by atoms with Gasteiger partial charge in [0.2, 0.25) is 5.91 Å². The first-order valence-electron chi connectivity index (χ1n) is 6.90. The fraction of sp³-hybridized carbons (Fsp3) is 0.375. The van der Waals surface area contributed by atoms with Crippen molar-refractivity contribution in [2.24, 2.45) is 0 Å². The van der Waals surface area contributed by atoms with Crippen LogP contribution in [-0.4, -0.2) is 36.6 Å². The summed E-state index contributed by atoms with van der Waals surface area (Å²) in [7, 11) is 0. The largest absolute Gasteiger partial charge is 0.463 e. The van der Waals surface area contributed by atoms with E-state index in [9.17, 15) is 19.2 Å².